The van der Waals surface area contributed by atoms with Crippen LogP contribution in [0.25, 0.3) is 11.4 Å². The van der Waals surface area contributed by atoms with Crippen molar-refractivity contribution in [2.75, 3.05) is 5.32 Å². The number of aryl methyl sites for hydroxylation is 2. The Morgan fingerprint density at radius 1 is 1.00 bits per heavy atom. The Kier molecular flexibility index (Phi) is 4.15. The smallest absolute Gasteiger partial charge is 0.271 e. The molecule has 120 valence electrons. The molecule has 0 amide bonds. The topological polar surface area (TPSA) is 93.8 Å². The molecule has 1 N–H and O–H groups in total. The van der Waals surface area contributed by atoms with E-state index in [-0.39, 0.29) is 5.69 Å². The summed E-state index contributed by atoms with van der Waals surface area (Å²) in [7, 11) is 0. The van der Waals surface area contributed by atoms with Crippen molar-refractivity contribution in [1.29, 1.82) is 0 Å². The summed E-state index contributed by atoms with van der Waals surface area (Å²) in [6.07, 6.45) is 3.35. The quantitative estimate of drug-likeness (QED) is 0.580. The zero-order valence-corrected chi connectivity index (χ0v) is 13.2. The lowest BCUT2D eigenvalue weighted by Gasteiger charge is -2.09. The number of nitro benzene ring substituents is 1. The molecule has 0 spiro atoms. The van der Waals surface area contributed by atoms with Gasteiger partial charge in [-0.2, -0.15) is 0 Å². The molecule has 0 fully saturated rings. The van der Waals surface area contributed by atoms with Crippen LogP contribution in [0.2, 0.25) is 0 Å². The highest BCUT2D eigenvalue weighted by atomic mass is 16.6. The maximum atomic E-state index is 10.9. The molecular weight excluding hydrogens is 306 g/mol. The molecule has 0 atom stereocenters. The number of nitro groups is 1. The van der Waals surface area contributed by atoms with E-state index in [1.807, 2.05) is 26.0 Å². The van der Waals surface area contributed by atoms with Crippen molar-refractivity contribution < 1.29 is 4.92 Å². The van der Waals surface area contributed by atoms with E-state index < -0.39 is 4.92 Å². The average Bonchev–Trinajstić information content (AvgIpc) is 2.57. The van der Waals surface area contributed by atoms with Gasteiger partial charge in [-0.25, -0.2) is 9.97 Å². The van der Waals surface area contributed by atoms with Crippen molar-refractivity contribution in [3.63, 3.8) is 0 Å². The summed E-state index contributed by atoms with van der Waals surface area (Å²) in [5.74, 6) is 0.361. The van der Waals surface area contributed by atoms with Crippen molar-refractivity contribution in [2.24, 2.45) is 0 Å². The zero-order chi connectivity index (χ0) is 17.1. The van der Waals surface area contributed by atoms with Crippen LogP contribution in [0, 0.1) is 24.0 Å². The molecule has 0 aliphatic rings. The lowest BCUT2D eigenvalue weighted by atomic mass is 10.2. The highest BCUT2D eigenvalue weighted by Gasteiger charge is 2.10. The molecule has 2 aromatic heterocycles. The number of nitrogens with one attached hydrogen (secondary N) is 1. The van der Waals surface area contributed by atoms with Gasteiger partial charge in [0, 0.05) is 24.5 Å². The average molecular weight is 321 g/mol. The van der Waals surface area contributed by atoms with Crippen LogP contribution in [0.4, 0.5) is 17.3 Å². The maximum absolute atomic E-state index is 10.9. The fraction of sp³-hybridized carbons (Fsp3) is 0.118. The van der Waals surface area contributed by atoms with E-state index in [1.165, 1.54) is 12.1 Å². The number of hydrogen-bond acceptors (Lipinski definition) is 6. The van der Waals surface area contributed by atoms with Crippen LogP contribution in [0.5, 0.6) is 0 Å². The number of rotatable bonds is 4. The second-order valence-corrected chi connectivity index (χ2v) is 5.37. The minimum atomic E-state index is -0.432. The predicted molar refractivity (Wildman–Crippen MR) is 91.1 cm³/mol. The van der Waals surface area contributed by atoms with Crippen molar-refractivity contribution in [1.82, 2.24) is 15.0 Å². The Bertz CT molecular complexity index is 911. The van der Waals surface area contributed by atoms with Gasteiger partial charge in [0.05, 0.1) is 22.0 Å². The van der Waals surface area contributed by atoms with Crippen LogP contribution < -0.4 is 5.32 Å². The first kappa shape index (κ1) is 15.5. The highest BCUT2D eigenvalue weighted by Crippen LogP contribution is 2.25. The van der Waals surface area contributed by atoms with Gasteiger partial charge in [0.25, 0.3) is 5.69 Å². The van der Waals surface area contributed by atoms with Crippen molar-refractivity contribution >= 4 is 17.3 Å². The van der Waals surface area contributed by atoms with E-state index in [0.717, 1.165) is 16.8 Å². The third kappa shape index (κ3) is 3.35. The predicted octanol–water partition coefficient (Wildman–Crippen LogP) is 3.81. The van der Waals surface area contributed by atoms with Crippen LogP contribution in [0.1, 0.15) is 11.1 Å². The molecule has 7 nitrogen and oxygen atoms in total. The molecule has 0 unspecified atom stereocenters. The first-order valence-corrected chi connectivity index (χ1v) is 7.31. The molecule has 24 heavy (non-hydrogen) atoms. The monoisotopic (exact) mass is 321 g/mol. The molecule has 0 radical (unpaired) electrons. The number of aromatic nitrogens is 3. The number of hydrogen-bond donors (Lipinski definition) is 1. The van der Waals surface area contributed by atoms with Crippen molar-refractivity contribution in [3.05, 3.63) is 70.0 Å². The van der Waals surface area contributed by atoms with Crippen molar-refractivity contribution in [3.8, 4) is 11.4 Å². The summed E-state index contributed by atoms with van der Waals surface area (Å²) < 4.78 is 0. The van der Waals surface area contributed by atoms with Crippen LogP contribution in [0.3, 0.4) is 0 Å². The summed E-state index contributed by atoms with van der Waals surface area (Å²) in [4.78, 5) is 23.4. The Morgan fingerprint density at radius 3 is 2.54 bits per heavy atom. The first-order chi connectivity index (χ1) is 11.5. The molecule has 7 heteroatoms. The standard InChI is InChI=1S/C17H15N5O2/c1-11-5-7-18-16(9-11)14-6-8-19-17(20-14)21-15-10-13(22(23)24)4-3-12(15)2/h3-10H,1-2H3,(H,19,20,21). The fourth-order valence-electron chi connectivity index (χ4n) is 2.22. The highest BCUT2D eigenvalue weighted by molar-refractivity contribution is 5.64. The van der Waals surface area contributed by atoms with Gasteiger partial charge in [-0.05, 0) is 43.2 Å². The van der Waals surface area contributed by atoms with E-state index in [9.17, 15) is 10.1 Å². The van der Waals surface area contributed by atoms with Gasteiger partial charge < -0.3 is 5.32 Å². The summed E-state index contributed by atoms with van der Waals surface area (Å²) in [6, 6.07) is 10.2. The SMILES string of the molecule is Cc1ccnc(-c2ccnc(Nc3cc([N+](=O)[O-])ccc3C)n2)c1. The van der Waals surface area contributed by atoms with Gasteiger partial charge in [-0.3, -0.25) is 15.1 Å². The molecule has 0 aliphatic carbocycles. The van der Waals surface area contributed by atoms with E-state index >= 15 is 0 Å². The second-order valence-electron chi connectivity index (χ2n) is 5.37. The van der Waals surface area contributed by atoms with Gasteiger partial charge in [-0.15, -0.1) is 0 Å². The Morgan fingerprint density at radius 2 is 1.79 bits per heavy atom. The number of anilines is 2. The van der Waals surface area contributed by atoms with Gasteiger partial charge in [0.1, 0.15) is 0 Å². The minimum Gasteiger partial charge on any atom is -0.324 e. The summed E-state index contributed by atoms with van der Waals surface area (Å²) in [5.41, 5.74) is 3.99. The molecule has 1 aromatic carbocycles. The molecule has 0 bridgehead atoms. The largest absolute Gasteiger partial charge is 0.324 e. The molecule has 3 aromatic rings. The van der Waals surface area contributed by atoms with Gasteiger partial charge in [-0.1, -0.05) is 6.07 Å². The Hall–Kier alpha value is -3.35. The lowest BCUT2D eigenvalue weighted by molar-refractivity contribution is -0.384. The van der Waals surface area contributed by atoms with E-state index in [0.29, 0.717) is 17.3 Å². The molecule has 0 saturated carbocycles. The summed E-state index contributed by atoms with van der Waals surface area (Å²) in [6.45, 7) is 3.84. The third-order valence-corrected chi connectivity index (χ3v) is 3.51. The molecule has 0 saturated heterocycles. The summed E-state index contributed by atoms with van der Waals surface area (Å²) in [5, 5.41) is 14.0. The van der Waals surface area contributed by atoms with E-state index in [4.69, 9.17) is 0 Å². The molecule has 3 rings (SSSR count). The van der Waals surface area contributed by atoms with Crippen LogP contribution in [0.15, 0.2) is 48.8 Å². The zero-order valence-electron chi connectivity index (χ0n) is 13.2. The van der Waals surface area contributed by atoms with Crippen molar-refractivity contribution in [2.45, 2.75) is 13.8 Å². The fourth-order valence-corrected chi connectivity index (χ4v) is 2.22. The third-order valence-electron chi connectivity index (χ3n) is 3.51. The first-order valence-electron chi connectivity index (χ1n) is 7.31. The summed E-state index contributed by atoms with van der Waals surface area (Å²) >= 11 is 0. The molecule has 2 heterocycles. The lowest BCUT2D eigenvalue weighted by Crippen LogP contribution is -2.01. The Labute approximate surface area is 138 Å². The molecular formula is C17H15N5O2. The van der Waals surface area contributed by atoms with Gasteiger partial charge in [0.2, 0.25) is 5.95 Å². The normalized spacial score (nSPS) is 10.4. The van der Waals surface area contributed by atoms with Crippen LogP contribution in [-0.2, 0) is 0 Å². The molecule has 0 aliphatic heterocycles. The minimum absolute atomic E-state index is 0.0135. The van der Waals surface area contributed by atoms with Gasteiger partial charge >= 0.3 is 0 Å². The maximum Gasteiger partial charge on any atom is 0.271 e. The number of pyridine rings is 1. The van der Waals surface area contributed by atoms with E-state index in [2.05, 4.69) is 20.3 Å². The van der Waals surface area contributed by atoms with Crippen LogP contribution >= 0.6 is 0 Å². The number of non-ortho nitro benzene ring substituents is 1. The second kappa shape index (κ2) is 6.41. The Balaban J connectivity index is 1.93. The number of benzene rings is 1. The number of nitrogens with zero attached hydrogens (tertiary/aromatic N) is 4. The van der Waals surface area contributed by atoms with Gasteiger partial charge in [0.15, 0.2) is 0 Å². The van der Waals surface area contributed by atoms with Crippen LogP contribution in [-0.4, -0.2) is 19.9 Å². The van der Waals surface area contributed by atoms with E-state index in [1.54, 1.807) is 24.5 Å².